The van der Waals surface area contributed by atoms with E-state index < -0.39 is 5.54 Å². The van der Waals surface area contributed by atoms with E-state index in [1.54, 1.807) is 28.1 Å². The molecule has 1 aromatic heterocycles. The molecule has 0 spiro atoms. The molecule has 1 aliphatic heterocycles. The summed E-state index contributed by atoms with van der Waals surface area (Å²) >= 11 is 1.97. The molecule has 1 amide bonds. The summed E-state index contributed by atoms with van der Waals surface area (Å²) < 4.78 is 11.2. The molecule has 3 atom stereocenters. The maximum absolute atomic E-state index is 13.3. The Morgan fingerprint density at radius 3 is 2.43 bits per heavy atom. The number of aromatic amines is 1. The van der Waals surface area contributed by atoms with Crippen LogP contribution in [0.3, 0.4) is 0 Å². The van der Waals surface area contributed by atoms with Crippen LogP contribution in [0.1, 0.15) is 37.0 Å². The SMILES string of the molecule is COc1cc(CC2C(CCc3ccccc3)SCN2C(Cc2c[nH]c3ccccc23)NC(=O)C(C)(C)N)cc(OC)c1. The van der Waals surface area contributed by atoms with E-state index in [2.05, 4.69) is 82.1 Å². The number of carbonyl (C=O) groups is 1. The van der Waals surface area contributed by atoms with Crippen molar-refractivity contribution in [3.63, 3.8) is 0 Å². The quantitative estimate of drug-likeness (QED) is 0.202. The number of benzene rings is 3. The minimum atomic E-state index is -0.992. The number of para-hydroxylation sites is 1. The molecule has 3 unspecified atom stereocenters. The number of rotatable bonds is 12. The lowest BCUT2D eigenvalue weighted by molar-refractivity contribution is -0.127. The van der Waals surface area contributed by atoms with E-state index in [9.17, 15) is 4.79 Å². The van der Waals surface area contributed by atoms with Crippen LogP contribution in [-0.2, 0) is 24.1 Å². The molecule has 2 heterocycles. The van der Waals surface area contributed by atoms with Crippen LogP contribution in [0.25, 0.3) is 10.9 Å². The van der Waals surface area contributed by atoms with E-state index in [4.69, 9.17) is 15.2 Å². The highest BCUT2D eigenvalue weighted by Crippen LogP contribution is 2.37. The van der Waals surface area contributed by atoms with Gasteiger partial charge in [-0.3, -0.25) is 9.69 Å². The number of hydrogen-bond acceptors (Lipinski definition) is 6. The first kappa shape index (κ1) is 30.0. The van der Waals surface area contributed by atoms with Gasteiger partial charge in [-0.1, -0.05) is 48.5 Å². The lowest BCUT2D eigenvalue weighted by Gasteiger charge is -2.36. The lowest BCUT2D eigenvalue weighted by Crippen LogP contribution is -2.59. The van der Waals surface area contributed by atoms with Crippen LogP contribution in [0.2, 0.25) is 0 Å². The van der Waals surface area contributed by atoms with Gasteiger partial charge in [0.25, 0.3) is 0 Å². The van der Waals surface area contributed by atoms with Crippen LogP contribution < -0.4 is 20.5 Å². The van der Waals surface area contributed by atoms with Gasteiger partial charge in [-0.05, 0) is 68.0 Å². The molecule has 0 aliphatic carbocycles. The van der Waals surface area contributed by atoms with Crippen LogP contribution >= 0.6 is 11.8 Å². The van der Waals surface area contributed by atoms with Crippen molar-refractivity contribution in [2.75, 3.05) is 20.1 Å². The molecule has 222 valence electrons. The third-order valence-corrected chi connectivity index (χ3v) is 9.51. The number of carbonyl (C=O) groups excluding carboxylic acids is 1. The molecule has 0 saturated carbocycles. The fraction of sp³-hybridized carbons (Fsp3) is 0.382. The van der Waals surface area contributed by atoms with Crippen molar-refractivity contribution in [1.82, 2.24) is 15.2 Å². The number of nitrogens with zero attached hydrogens (tertiary/aromatic N) is 1. The second-order valence-corrected chi connectivity index (χ2v) is 12.8. The lowest BCUT2D eigenvalue weighted by atomic mass is 9.96. The molecule has 42 heavy (non-hydrogen) atoms. The molecule has 1 saturated heterocycles. The Bertz CT molecular complexity index is 1460. The van der Waals surface area contributed by atoms with E-state index in [0.29, 0.717) is 11.7 Å². The number of nitrogens with two attached hydrogens (primary N) is 1. The van der Waals surface area contributed by atoms with Gasteiger partial charge in [-0.2, -0.15) is 0 Å². The second kappa shape index (κ2) is 13.2. The number of nitrogens with one attached hydrogen (secondary N) is 2. The number of methoxy groups -OCH3 is 2. The summed E-state index contributed by atoms with van der Waals surface area (Å²) in [7, 11) is 3.36. The number of amides is 1. The Labute approximate surface area is 253 Å². The molecular weight excluding hydrogens is 544 g/mol. The molecule has 4 N–H and O–H groups in total. The second-order valence-electron chi connectivity index (χ2n) is 11.6. The van der Waals surface area contributed by atoms with Gasteiger partial charge in [-0.15, -0.1) is 11.8 Å². The van der Waals surface area contributed by atoms with Crippen molar-refractivity contribution >= 4 is 28.6 Å². The molecule has 8 heteroatoms. The van der Waals surface area contributed by atoms with Crippen LogP contribution in [0, 0.1) is 0 Å². The van der Waals surface area contributed by atoms with Crippen LogP contribution in [0.5, 0.6) is 11.5 Å². The predicted molar refractivity (Wildman–Crippen MR) is 172 cm³/mol. The topological polar surface area (TPSA) is 92.6 Å². The Kier molecular flexibility index (Phi) is 9.46. The maximum atomic E-state index is 13.3. The number of aryl methyl sites for hydroxylation is 1. The minimum absolute atomic E-state index is 0.160. The van der Waals surface area contributed by atoms with E-state index in [0.717, 1.165) is 47.7 Å². The first-order chi connectivity index (χ1) is 20.2. The summed E-state index contributed by atoms with van der Waals surface area (Å²) in [5.74, 6) is 2.20. The number of hydrogen-bond donors (Lipinski definition) is 3. The minimum Gasteiger partial charge on any atom is -0.497 e. The normalized spacial score (nSPS) is 18.2. The number of thioether (sulfide) groups is 1. The average molecular weight is 587 g/mol. The summed E-state index contributed by atoms with van der Waals surface area (Å²) in [6, 6.07) is 25.2. The van der Waals surface area contributed by atoms with Crippen molar-refractivity contribution in [1.29, 1.82) is 0 Å². The number of fused-ring (bicyclic) bond motifs is 1. The summed E-state index contributed by atoms with van der Waals surface area (Å²) in [6.45, 7) is 3.51. The Hall–Kier alpha value is -3.46. The highest BCUT2D eigenvalue weighted by Gasteiger charge is 2.40. The van der Waals surface area contributed by atoms with Crippen LogP contribution in [0.15, 0.2) is 79.0 Å². The predicted octanol–water partition coefficient (Wildman–Crippen LogP) is 5.53. The highest BCUT2D eigenvalue weighted by molar-refractivity contribution is 8.00. The number of aromatic nitrogens is 1. The number of H-pyrrole nitrogens is 1. The van der Waals surface area contributed by atoms with Gasteiger partial charge in [0.1, 0.15) is 11.5 Å². The van der Waals surface area contributed by atoms with E-state index in [1.807, 2.05) is 23.9 Å². The first-order valence-electron chi connectivity index (χ1n) is 14.5. The van der Waals surface area contributed by atoms with Gasteiger partial charge in [0.05, 0.1) is 25.9 Å². The zero-order valence-electron chi connectivity index (χ0n) is 24.9. The van der Waals surface area contributed by atoms with E-state index >= 15 is 0 Å². The van der Waals surface area contributed by atoms with Gasteiger partial charge in [0.15, 0.2) is 0 Å². The Morgan fingerprint density at radius 1 is 1.05 bits per heavy atom. The molecule has 1 aliphatic rings. The van der Waals surface area contributed by atoms with Gasteiger partial charge >= 0.3 is 0 Å². The van der Waals surface area contributed by atoms with E-state index in [1.165, 1.54) is 16.5 Å². The fourth-order valence-corrected chi connectivity index (χ4v) is 7.22. The molecule has 5 rings (SSSR count). The molecule has 0 bridgehead atoms. The van der Waals surface area contributed by atoms with Gasteiger partial charge in [0, 0.05) is 46.8 Å². The summed E-state index contributed by atoms with van der Waals surface area (Å²) in [6.07, 6.45) is 5.33. The standard InChI is InChI=1S/C34H42N4O3S/c1-34(2,35)33(39)37-32(19-25-21-36-29-13-9-8-12-28(25)29)38-22-42-31(15-14-23-10-6-5-7-11-23)30(38)18-24-16-26(40-3)20-27(17-24)41-4/h5-13,16-17,20-21,30-32,36H,14-15,18-19,22,35H2,1-4H3,(H,37,39). The molecular formula is C34H42N4O3S. The van der Waals surface area contributed by atoms with Crippen molar-refractivity contribution < 1.29 is 14.3 Å². The largest absolute Gasteiger partial charge is 0.497 e. The third-order valence-electron chi connectivity index (χ3n) is 8.08. The molecule has 1 fully saturated rings. The first-order valence-corrected chi connectivity index (χ1v) is 15.6. The van der Waals surface area contributed by atoms with Crippen molar-refractivity contribution in [2.45, 2.75) is 62.5 Å². The van der Waals surface area contributed by atoms with Gasteiger partial charge in [0.2, 0.25) is 5.91 Å². The van der Waals surface area contributed by atoms with Crippen LogP contribution in [0.4, 0.5) is 0 Å². The number of ether oxygens (including phenoxy) is 2. The molecule has 0 radical (unpaired) electrons. The fourth-order valence-electron chi connectivity index (χ4n) is 5.72. The molecule has 3 aromatic carbocycles. The molecule has 7 nitrogen and oxygen atoms in total. The Balaban J connectivity index is 1.48. The van der Waals surface area contributed by atoms with Crippen molar-refractivity contribution in [3.05, 3.63) is 95.7 Å². The van der Waals surface area contributed by atoms with Crippen LogP contribution in [-0.4, -0.2) is 58.9 Å². The summed E-state index contributed by atoms with van der Waals surface area (Å²) in [5, 5.41) is 4.89. The van der Waals surface area contributed by atoms with Gasteiger partial charge in [-0.25, -0.2) is 0 Å². The monoisotopic (exact) mass is 586 g/mol. The zero-order valence-corrected chi connectivity index (χ0v) is 25.7. The zero-order chi connectivity index (χ0) is 29.7. The highest BCUT2D eigenvalue weighted by atomic mass is 32.2. The van der Waals surface area contributed by atoms with E-state index in [-0.39, 0.29) is 18.1 Å². The smallest absolute Gasteiger partial charge is 0.240 e. The van der Waals surface area contributed by atoms with Crippen molar-refractivity contribution in [2.24, 2.45) is 5.73 Å². The summed E-state index contributed by atoms with van der Waals surface area (Å²) in [4.78, 5) is 19.2. The summed E-state index contributed by atoms with van der Waals surface area (Å²) in [5.41, 5.74) is 10.0. The van der Waals surface area contributed by atoms with Crippen molar-refractivity contribution in [3.8, 4) is 11.5 Å². The maximum Gasteiger partial charge on any atom is 0.240 e. The third kappa shape index (κ3) is 7.12. The Morgan fingerprint density at radius 2 is 1.74 bits per heavy atom. The average Bonchev–Trinajstić information content (AvgIpc) is 3.59. The van der Waals surface area contributed by atoms with Gasteiger partial charge < -0.3 is 25.5 Å². The molecule has 4 aromatic rings.